The van der Waals surface area contributed by atoms with Crippen LogP contribution in [0.25, 0.3) is 0 Å². The fraction of sp³-hybridized carbons (Fsp3) is 0.583. The Morgan fingerprint density at radius 2 is 2.05 bits per heavy atom. The van der Waals surface area contributed by atoms with Gasteiger partial charge in [-0.25, -0.2) is 4.79 Å². The van der Waals surface area contributed by atoms with Gasteiger partial charge in [0, 0.05) is 14.1 Å². The molecule has 1 aromatic heterocycles. The first-order chi connectivity index (χ1) is 8.75. The summed E-state index contributed by atoms with van der Waals surface area (Å²) in [6.45, 7) is 4.86. The maximum Gasteiger partial charge on any atom is 0.326 e. The molecule has 1 atom stereocenters. The van der Waals surface area contributed by atoms with E-state index in [0.29, 0.717) is 11.4 Å². The number of rotatable bonds is 5. The predicted octanol–water partition coefficient (Wildman–Crippen LogP) is 0.347. The molecule has 0 aromatic carbocycles. The fourth-order valence-corrected chi connectivity index (χ4v) is 1.58. The van der Waals surface area contributed by atoms with Gasteiger partial charge in [0.25, 0.3) is 5.91 Å². The maximum absolute atomic E-state index is 11.8. The van der Waals surface area contributed by atoms with Crippen LogP contribution in [0.4, 0.5) is 0 Å². The van der Waals surface area contributed by atoms with E-state index in [2.05, 4.69) is 5.10 Å². The summed E-state index contributed by atoms with van der Waals surface area (Å²) in [6, 6.07) is -0.882. The predicted molar refractivity (Wildman–Crippen MR) is 68.0 cm³/mol. The van der Waals surface area contributed by atoms with Crippen molar-refractivity contribution in [1.29, 1.82) is 0 Å². The summed E-state index contributed by atoms with van der Waals surface area (Å²) in [5.41, 5.74) is 1.51. The molecule has 1 heterocycles. The van der Waals surface area contributed by atoms with E-state index in [-0.39, 0.29) is 6.61 Å². The second kappa shape index (κ2) is 5.73. The number of amides is 1. The maximum atomic E-state index is 11.8. The minimum atomic E-state index is -1.05. The summed E-state index contributed by atoms with van der Waals surface area (Å²) < 4.78 is 7.10. The SMILES string of the molecule is Cc1nn(C)c(C)c1OCC(=O)N(C)C(C)C(=O)O. The lowest BCUT2D eigenvalue weighted by Gasteiger charge is -2.21. The van der Waals surface area contributed by atoms with E-state index in [1.165, 1.54) is 14.0 Å². The van der Waals surface area contributed by atoms with Gasteiger partial charge in [0.15, 0.2) is 12.4 Å². The molecule has 1 N–H and O–H groups in total. The van der Waals surface area contributed by atoms with Crippen molar-refractivity contribution in [2.75, 3.05) is 13.7 Å². The van der Waals surface area contributed by atoms with Crippen LogP contribution in [0.5, 0.6) is 5.75 Å². The highest BCUT2D eigenvalue weighted by atomic mass is 16.5. The van der Waals surface area contributed by atoms with Gasteiger partial charge in [0.2, 0.25) is 0 Å². The second-order valence-corrected chi connectivity index (χ2v) is 4.43. The van der Waals surface area contributed by atoms with Gasteiger partial charge < -0.3 is 14.7 Å². The number of hydrogen-bond donors (Lipinski definition) is 1. The molecule has 0 radical (unpaired) electrons. The third-order valence-corrected chi connectivity index (χ3v) is 3.11. The zero-order chi connectivity index (χ0) is 14.7. The molecule has 1 amide bonds. The molecular weight excluding hydrogens is 250 g/mol. The first kappa shape index (κ1) is 15.0. The number of carbonyl (C=O) groups is 2. The average molecular weight is 269 g/mol. The number of hydrogen-bond acceptors (Lipinski definition) is 4. The molecule has 0 aliphatic heterocycles. The minimum absolute atomic E-state index is 0.207. The van der Waals surface area contributed by atoms with Crippen LogP contribution in [0.3, 0.4) is 0 Å². The monoisotopic (exact) mass is 269 g/mol. The molecule has 0 spiro atoms. The lowest BCUT2D eigenvalue weighted by Crippen LogP contribution is -2.42. The zero-order valence-corrected chi connectivity index (χ0v) is 11.8. The van der Waals surface area contributed by atoms with Crippen LogP contribution in [0.15, 0.2) is 0 Å². The van der Waals surface area contributed by atoms with Crippen molar-refractivity contribution < 1.29 is 19.4 Å². The van der Waals surface area contributed by atoms with Crippen LogP contribution in [0.2, 0.25) is 0 Å². The van der Waals surface area contributed by atoms with Gasteiger partial charge in [0.1, 0.15) is 11.7 Å². The van der Waals surface area contributed by atoms with Gasteiger partial charge in [-0.3, -0.25) is 9.48 Å². The summed E-state index contributed by atoms with van der Waals surface area (Å²) >= 11 is 0. The summed E-state index contributed by atoms with van der Waals surface area (Å²) in [5, 5.41) is 13.0. The van der Waals surface area contributed by atoms with Crippen LogP contribution in [0, 0.1) is 13.8 Å². The highest BCUT2D eigenvalue weighted by Gasteiger charge is 2.22. The van der Waals surface area contributed by atoms with Crippen LogP contribution < -0.4 is 4.74 Å². The molecule has 0 saturated heterocycles. The van der Waals surface area contributed by atoms with E-state index in [9.17, 15) is 9.59 Å². The molecule has 7 nitrogen and oxygen atoms in total. The molecular formula is C12H19N3O4. The summed E-state index contributed by atoms with van der Waals surface area (Å²) in [6.07, 6.45) is 0. The number of likely N-dealkylation sites (N-methyl/N-ethyl adjacent to an activating group) is 1. The number of aliphatic carboxylic acids is 1. The summed E-state index contributed by atoms with van der Waals surface area (Å²) in [4.78, 5) is 23.7. The van der Waals surface area contributed by atoms with E-state index in [1.807, 2.05) is 6.92 Å². The number of aryl methyl sites for hydroxylation is 2. The first-order valence-corrected chi connectivity index (χ1v) is 5.87. The zero-order valence-electron chi connectivity index (χ0n) is 11.8. The lowest BCUT2D eigenvalue weighted by atomic mass is 10.3. The van der Waals surface area contributed by atoms with Crippen LogP contribution in [-0.2, 0) is 16.6 Å². The van der Waals surface area contributed by atoms with Gasteiger partial charge in [0.05, 0.1) is 5.69 Å². The molecule has 0 aliphatic carbocycles. The molecule has 0 aliphatic rings. The smallest absolute Gasteiger partial charge is 0.326 e. The van der Waals surface area contributed by atoms with Gasteiger partial charge in [-0.1, -0.05) is 0 Å². The van der Waals surface area contributed by atoms with E-state index < -0.39 is 17.9 Å². The Kier molecular flexibility index (Phi) is 4.52. The molecule has 0 saturated carbocycles. The first-order valence-electron chi connectivity index (χ1n) is 5.87. The van der Waals surface area contributed by atoms with Gasteiger partial charge in [-0.2, -0.15) is 5.10 Å². The van der Waals surface area contributed by atoms with Crippen molar-refractivity contribution >= 4 is 11.9 Å². The highest BCUT2D eigenvalue weighted by molar-refractivity contribution is 5.84. The Labute approximate surface area is 111 Å². The van der Waals surface area contributed by atoms with Crippen LogP contribution in [0.1, 0.15) is 18.3 Å². The summed E-state index contributed by atoms with van der Waals surface area (Å²) in [5.74, 6) is -0.880. The Morgan fingerprint density at radius 3 is 2.47 bits per heavy atom. The van der Waals surface area contributed by atoms with Crippen molar-refractivity contribution in [1.82, 2.24) is 14.7 Å². The minimum Gasteiger partial charge on any atom is -0.480 e. The van der Waals surface area contributed by atoms with E-state index in [1.54, 1.807) is 18.7 Å². The third-order valence-electron chi connectivity index (χ3n) is 3.11. The van der Waals surface area contributed by atoms with E-state index in [0.717, 1.165) is 10.6 Å². The molecule has 19 heavy (non-hydrogen) atoms. The van der Waals surface area contributed by atoms with Crippen molar-refractivity contribution in [2.24, 2.45) is 7.05 Å². The normalized spacial score (nSPS) is 12.1. The Bertz CT molecular complexity index is 495. The van der Waals surface area contributed by atoms with Crippen molar-refractivity contribution in [3.8, 4) is 5.75 Å². The van der Waals surface area contributed by atoms with Crippen LogP contribution in [-0.4, -0.2) is 51.4 Å². The van der Waals surface area contributed by atoms with Crippen molar-refractivity contribution in [2.45, 2.75) is 26.8 Å². The summed E-state index contributed by atoms with van der Waals surface area (Å²) in [7, 11) is 3.23. The van der Waals surface area contributed by atoms with Gasteiger partial charge in [-0.15, -0.1) is 0 Å². The Morgan fingerprint density at radius 1 is 1.47 bits per heavy atom. The molecule has 0 bridgehead atoms. The molecule has 7 heteroatoms. The highest BCUT2D eigenvalue weighted by Crippen LogP contribution is 2.21. The molecule has 0 fully saturated rings. The second-order valence-electron chi connectivity index (χ2n) is 4.43. The number of carbonyl (C=O) groups excluding carboxylic acids is 1. The number of nitrogens with zero attached hydrogens (tertiary/aromatic N) is 3. The molecule has 1 rings (SSSR count). The molecule has 1 unspecified atom stereocenters. The Balaban J connectivity index is 2.67. The lowest BCUT2D eigenvalue weighted by molar-refractivity contribution is -0.148. The van der Waals surface area contributed by atoms with Crippen molar-refractivity contribution in [3.63, 3.8) is 0 Å². The number of aromatic nitrogens is 2. The number of ether oxygens (including phenoxy) is 1. The van der Waals surface area contributed by atoms with Crippen LogP contribution >= 0.6 is 0 Å². The molecule has 106 valence electrons. The van der Waals surface area contributed by atoms with Gasteiger partial charge in [-0.05, 0) is 20.8 Å². The molecule has 1 aromatic rings. The van der Waals surface area contributed by atoms with E-state index in [4.69, 9.17) is 9.84 Å². The standard InChI is InChI=1S/C12H19N3O4/c1-7-11(8(2)15(5)13-7)19-6-10(16)14(4)9(3)12(17)18/h9H,6H2,1-5H3,(H,17,18). The number of carboxylic acids is 1. The largest absolute Gasteiger partial charge is 0.480 e. The third kappa shape index (κ3) is 3.24. The van der Waals surface area contributed by atoms with E-state index >= 15 is 0 Å². The Hall–Kier alpha value is -2.05. The van der Waals surface area contributed by atoms with Gasteiger partial charge >= 0.3 is 5.97 Å². The fourth-order valence-electron chi connectivity index (χ4n) is 1.58. The average Bonchev–Trinajstić information content (AvgIpc) is 2.59. The van der Waals surface area contributed by atoms with Crippen molar-refractivity contribution in [3.05, 3.63) is 11.4 Å². The topological polar surface area (TPSA) is 84.7 Å². The quantitative estimate of drug-likeness (QED) is 0.833. The number of carboxylic acid groups (broad SMARTS) is 1.